The summed E-state index contributed by atoms with van der Waals surface area (Å²) in [5.41, 5.74) is 3.73. The Morgan fingerprint density at radius 2 is 1.76 bits per heavy atom. The summed E-state index contributed by atoms with van der Waals surface area (Å²) in [6.07, 6.45) is 0. The van der Waals surface area contributed by atoms with Gasteiger partial charge in [-0.3, -0.25) is 9.48 Å². The molecule has 4 aromatic rings. The van der Waals surface area contributed by atoms with Crippen molar-refractivity contribution in [3.05, 3.63) is 78.0 Å². The van der Waals surface area contributed by atoms with E-state index in [9.17, 15) is 4.79 Å². The molecule has 0 radical (unpaired) electrons. The standard InChI is InChI=1S/C23H22N4O2/c1-16-21-19(23(28)24-13-14-29-18-11-7-4-8-12-18)15-20(17-9-5-3-6-10-17)25-22(21)27(2)26-16/h3-12,15H,13-14H2,1-2H3,(H,24,28). The molecule has 0 atom stereocenters. The van der Waals surface area contributed by atoms with E-state index in [1.165, 1.54) is 0 Å². The number of aromatic nitrogens is 3. The van der Waals surface area contributed by atoms with Crippen molar-refractivity contribution in [2.75, 3.05) is 13.2 Å². The molecule has 6 heteroatoms. The predicted molar refractivity (Wildman–Crippen MR) is 113 cm³/mol. The molecule has 6 nitrogen and oxygen atoms in total. The zero-order chi connectivity index (χ0) is 20.2. The van der Waals surface area contributed by atoms with Gasteiger partial charge in [0.15, 0.2) is 5.65 Å². The lowest BCUT2D eigenvalue weighted by Crippen LogP contribution is -2.28. The van der Waals surface area contributed by atoms with Crippen molar-refractivity contribution in [2.24, 2.45) is 7.05 Å². The first-order chi connectivity index (χ1) is 14.1. The monoisotopic (exact) mass is 386 g/mol. The van der Waals surface area contributed by atoms with Crippen molar-refractivity contribution < 1.29 is 9.53 Å². The molecule has 0 spiro atoms. The third kappa shape index (κ3) is 3.96. The lowest BCUT2D eigenvalue weighted by Gasteiger charge is -2.10. The van der Waals surface area contributed by atoms with Gasteiger partial charge in [-0.05, 0) is 25.1 Å². The maximum Gasteiger partial charge on any atom is 0.252 e. The molecule has 1 amide bonds. The minimum absolute atomic E-state index is 0.164. The lowest BCUT2D eigenvalue weighted by molar-refractivity contribution is 0.0948. The second kappa shape index (κ2) is 8.14. The third-order valence-corrected chi connectivity index (χ3v) is 4.68. The summed E-state index contributed by atoms with van der Waals surface area (Å²) in [5.74, 6) is 0.616. The number of carbonyl (C=O) groups is 1. The molecular weight excluding hydrogens is 364 g/mol. The van der Waals surface area contributed by atoms with Crippen LogP contribution in [-0.2, 0) is 7.05 Å². The van der Waals surface area contributed by atoms with Gasteiger partial charge in [-0.25, -0.2) is 4.98 Å². The second-order valence-electron chi connectivity index (χ2n) is 6.75. The SMILES string of the molecule is Cc1nn(C)c2nc(-c3ccccc3)cc(C(=O)NCCOc3ccccc3)c12. The highest BCUT2D eigenvalue weighted by Gasteiger charge is 2.19. The van der Waals surface area contributed by atoms with Crippen molar-refractivity contribution in [3.8, 4) is 17.0 Å². The molecule has 146 valence electrons. The molecule has 29 heavy (non-hydrogen) atoms. The fraction of sp³-hybridized carbons (Fsp3) is 0.174. The van der Waals surface area contributed by atoms with Crippen LogP contribution in [0.2, 0.25) is 0 Å². The summed E-state index contributed by atoms with van der Waals surface area (Å²) in [7, 11) is 1.84. The normalized spacial score (nSPS) is 10.8. The number of para-hydroxylation sites is 1. The number of aryl methyl sites for hydroxylation is 2. The van der Waals surface area contributed by atoms with Gasteiger partial charge in [0.2, 0.25) is 0 Å². The van der Waals surface area contributed by atoms with Gasteiger partial charge >= 0.3 is 0 Å². The number of nitrogens with zero attached hydrogens (tertiary/aromatic N) is 3. The van der Waals surface area contributed by atoms with Crippen LogP contribution in [0.25, 0.3) is 22.3 Å². The van der Waals surface area contributed by atoms with Crippen LogP contribution >= 0.6 is 0 Å². The summed E-state index contributed by atoms with van der Waals surface area (Å²) in [6.45, 7) is 2.68. The number of amides is 1. The molecule has 0 bridgehead atoms. The predicted octanol–water partition coefficient (Wildman–Crippen LogP) is 3.75. The van der Waals surface area contributed by atoms with Gasteiger partial charge in [-0.15, -0.1) is 0 Å². The Bertz CT molecular complexity index is 1140. The maximum atomic E-state index is 13.0. The van der Waals surface area contributed by atoms with E-state index in [0.717, 1.165) is 28.1 Å². The van der Waals surface area contributed by atoms with Crippen LogP contribution in [0, 0.1) is 6.92 Å². The molecule has 2 aromatic carbocycles. The first kappa shape index (κ1) is 18.7. The highest BCUT2D eigenvalue weighted by molar-refractivity contribution is 6.07. The average molecular weight is 386 g/mol. The first-order valence-electron chi connectivity index (χ1n) is 9.49. The fourth-order valence-electron chi connectivity index (χ4n) is 3.33. The summed E-state index contributed by atoms with van der Waals surface area (Å²) in [4.78, 5) is 17.7. The fourth-order valence-corrected chi connectivity index (χ4v) is 3.33. The summed E-state index contributed by atoms with van der Waals surface area (Å²) >= 11 is 0. The Labute approximate surface area is 169 Å². The van der Waals surface area contributed by atoms with E-state index in [4.69, 9.17) is 9.72 Å². The van der Waals surface area contributed by atoms with Gasteiger partial charge in [0.1, 0.15) is 12.4 Å². The number of ether oxygens (including phenoxy) is 1. The van der Waals surface area contributed by atoms with Gasteiger partial charge in [0, 0.05) is 12.6 Å². The minimum Gasteiger partial charge on any atom is -0.492 e. The van der Waals surface area contributed by atoms with Crippen LogP contribution in [0.3, 0.4) is 0 Å². The average Bonchev–Trinajstić information content (AvgIpc) is 3.05. The molecule has 0 saturated heterocycles. The van der Waals surface area contributed by atoms with Gasteiger partial charge in [-0.2, -0.15) is 5.10 Å². The van der Waals surface area contributed by atoms with E-state index in [0.29, 0.717) is 24.4 Å². The van der Waals surface area contributed by atoms with Gasteiger partial charge in [0.05, 0.1) is 28.9 Å². The zero-order valence-electron chi connectivity index (χ0n) is 16.4. The number of nitrogens with one attached hydrogen (secondary N) is 1. The van der Waals surface area contributed by atoms with Crippen LogP contribution < -0.4 is 10.1 Å². The van der Waals surface area contributed by atoms with Crippen LogP contribution in [0.4, 0.5) is 0 Å². The number of pyridine rings is 1. The smallest absolute Gasteiger partial charge is 0.252 e. The van der Waals surface area contributed by atoms with Crippen molar-refractivity contribution in [1.82, 2.24) is 20.1 Å². The van der Waals surface area contributed by atoms with Crippen molar-refractivity contribution in [2.45, 2.75) is 6.92 Å². The maximum absolute atomic E-state index is 13.0. The molecule has 0 unspecified atom stereocenters. The Balaban J connectivity index is 1.59. The van der Waals surface area contributed by atoms with E-state index in [1.54, 1.807) is 4.68 Å². The van der Waals surface area contributed by atoms with E-state index in [2.05, 4.69) is 10.4 Å². The molecule has 0 aliphatic rings. The largest absolute Gasteiger partial charge is 0.492 e. The van der Waals surface area contributed by atoms with E-state index in [1.807, 2.05) is 80.7 Å². The molecule has 0 saturated carbocycles. The molecule has 2 heterocycles. The molecule has 4 rings (SSSR count). The molecule has 0 aliphatic carbocycles. The van der Waals surface area contributed by atoms with E-state index < -0.39 is 0 Å². The molecule has 0 aliphatic heterocycles. The summed E-state index contributed by atoms with van der Waals surface area (Å²) in [5, 5.41) is 8.17. The van der Waals surface area contributed by atoms with Crippen LogP contribution in [-0.4, -0.2) is 33.8 Å². The van der Waals surface area contributed by atoms with Crippen molar-refractivity contribution in [3.63, 3.8) is 0 Å². The van der Waals surface area contributed by atoms with E-state index >= 15 is 0 Å². The highest BCUT2D eigenvalue weighted by atomic mass is 16.5. The Kier molecular flexibility index (Phi) is 5.24. The van der Waals surface area contributed by atoms with Gasteiger partial charge in [0.25, 0.3) is 5.91 Å². The molecule has 2 aromatic heterocycles. The van der Waals surface area contributed by atoms with Crippen LogP contribution in [0.5, 0.6) is 5.75 Å². The first-order valence-corrected chi connectivity index (χ1v) is 9.49. The van der Waals surface area contributed by atoms with Crippen LogP contribution in [0.15, 0.2) is 66.7 Å². The number of benzene rings is 2. The lowest BCUT2D eigenvalue weighted by atomic mass is 10.0. The zero-order valence-corrected chi connectivity index (χ0v) is 16.4. The molecule has 1 N–H and O–H groups in total. The number of fused-ring (bicyclic) bond motifs is 1. The quantitative estimate of drug-likeness (QED) is 0.513. The number of carbonyl (C=O) groups excluding carboxylic acids is 1. The van der Waals surface area contributed by atoms with E-state index in [-0.39, 0.29) is 5.91 Å². The Hall–Kier alpha value is -3.67. The number of hydrogen-bond donors (Lipinski definition) is 1. The number of hydrogen-bond acceptors (Lipinski definition) is 4. The van der Waals surface area contributed by atoms with Gasteiger partial charge < -0.3 is 10.1 Å². The number of rotatable bonds is 6. The summed E-state index contributed by atoms with van der Waals surface area (Å²) in [6, 6.07) is 21.2. The Morgan fingerprint density at radius 3 is 2.48 bits per heavy atom. The second-order valence-corrected chi connectivity index (χ2v) is 6.75. The minimum atomic E-state index is -0.164. The highest BCUT2D eigenvalue weighted by Crippen LogP contribution is 2.26. The Morgan fingerprint density at radius 1 is 1.07 bits per heavy atom. The third-order valence-electron chi connectivity index (χ3n) is 4.68. The van der Waals surface area contributed by atoms with Crippen molar-refractivity contribution >= 4 is 16.9 Å². The van der Waals surface area contributed by atoms with Crippen LogP contribution in [0.1, 0.15) is 16.1 Å². The summed E-state index contributed by atoms with van der Waals surface area (Å²) < 4.78 is 7.37. The van der Waals surface area contributed by atoms with Gasteiger partial charge in [-0.1, -0.05) is 48.5 Å². The topological polar surface area (TPSA) is 69.0 Å². The molecule has 0 fully saturated rings. The molecular formula is C23H22N4O2. The van der Waals surface area contributed by atoms with Crippen molar-refractivity contribution in [1.29, 1.82) is 0 Å².